The van der Waals surface area contributed by atoms with Crippen LogP contribution in [0.2, 0.25) is 0 Å². The van der Waals surface area contributed by atoms with E-state index in [4.69, 9.17) is 9.47 Å². The van der Waals surface area contributed by atoms with Crippen molar-refractivity contribution in [2.75, 3.05) is 13.2 Å². The minimum atomic E-state index is -0.721. The van der Waals surface area contributed by atoms with Gasteiger partial charge in [0.25, 0.3) is 0 Å². The maximum atomic E-state index is 12.5. The van der Waals surface area contributed by atoms with Crippen LogP contribution in [0.25, 0.3) is 0 Å². The molecular weight excluding hydrogens is 268 g/mol. The quantitative estimate of drug-likeness (QED) is 0.508. The van der Waals surface area contributed by atoms with Crippen molar-refractivity contribution in [3.8, 4) is 0 Å². The van der Waals surface area contributed by atoms with Crippen molar-refractivity contribution in [3.05, 3.63) is 11.6 Å². The Bertz CT molecular complexity index is 427. The summed E-state index contributed by atoms with van der Waals surface area (Å²) in [5.74, 6) is -0.217. The third-order valence-electron chi connectivity index (χ3n) is 4.54. The Labute approximate surface area is 126 Å². The van der Waals surface area contributed by atoms with Crippen molar-refractivity contribution in [3.63, 3.8) is 0 Å². The van der Waals surface area contributed by atoms with Crippen molar-refractivity contribution in [2.45, 2.75) is 58.8 Å². The number of fused-ring (bicyclic) bond motifs is 2. The fourth-order valence-electron chi connectivity index (χ4n) is 3.26. The number of unbranched alkanes of at least 4 members (excludes halogenated alkanes) is 2. The highest BCUT2D eigenvalue weighted by Crippen LogP contribution is 2.54. The van der Waals surface area contributed by atoms with Crippen molar-refractivity contribution in [2.24, 2.45) is 11.3 Å². The molecule has 1 fully saturated rings. The fourth-order valence-corrected chi connectivity index (χ4v) is 3.26. The number of hydrogen-bond donors (Lipinski definition) is 0. The summed E-state index contributed by atoms with van der Waals surface area (Å²) in [6.45, 7) is 4.99. The van der Waals surface area contributed by atoms with Gasteiger partial charge < -0.3 is 9.47 Å². The summed E-state index contributed by atoms with van der Waals surface area (Å²) in [4.78, 5) is 24.7. The maximum Gasteiger partial charge on any atom is 0.334 e. The van der Waals surface area contributed by atoms with Gasteiger partial charge in [-0.05, 0) is 38.0 Å². The van der Waals surface area contributed by atoms with Gasteiger partial charge >= 0.3 is 11.9 Å². The largest absolute Gasteiger partial charge is 0.465 e. The number of esters is 2. The lowest BCUT2D eigenvalue weighted by molar-refractivity contribution is -0.156. The van der Waals surface area contributed by atoms with Crippen LogP contribution in [0.5, 0.6) is 0 Å². The van der Waals surface area contributed by atoms with E-state index in [1.807, 2.05) is 6.08 Å². The molecule has 4 heteroatoms. The molecule has 0 heterocycles. The molecule has 0 spiro atoms. The van der Waals surface area contributed by atoms with Crippen LogP contribution in [0.1, 0.15) is 58.8 Å². The minimum Gasteiger partial charge on any atom is -0.465 e. The van der Waals surface area contributed by atoms with Crippen LogP contribution in [-0.2, 0) is 19.1 Å². The molecule has 2 rings (SSSR count). The zero-order valence-corrected chi connectivity index (χ0v) is 13.2. The first-order chi connectivity index (χ1) is 10.1. The lowest BCUT2D eigenvalue weighted by Crippen LogP contribution is -2.35. The molecule has 0 saturated heterocycles. The molecule has 2 unspecified atom stereocenters. The number of rotatable bonds is 8. The lowest BCUT2D eigenvalue weighted by atomic mass is 9.80. The topological polar surface area (TPSA) is 52.6 Å². The summed E-state index contributed by atoms with van der Waals surface area (Å²) in [6.07, 6.45) is 8.05. The predicted molar refractivity (Wildman–Crippen MR) is 79.6 cm³/mol. The number of carbonyl (C=O) groups excluding carboxylic acids is 2. The van der Waals surface area contributed by atoms with E-state index in [1.165, 1.54) is 0 Å². The summed E-state index contributed by atoms with van der Waals surface area (Å²) >= 11 is 0. The Kier molecular flexibility index (Phi) is 5.43. The molecule has 2 atom stereocenters. The van der Waals surface area contributed by atoms with Gasteiger partial charge in [0.1, 0.15) is 5.41 Å². The van der Waals surface area contributed by atoms with E-state index in [2.05, 4.69) is 13.8 Å². The highest BCUT2D eigenvalue weighted by atomic mass is 16.5. The van der Waals surface area contributed by atoms with Crippen LogP contribution in [-0.4, -0.2) is 25.2 Å². The summed E-state index contributed by atoms with van der Waals surface area (Å²) < 4.78 is 10.7. The molecule has 118 valence electrons. The van der Waals surface area contributed by atoms with Crippen LogP contribution in [0.15, 0.2) is 11.6 Å². The van der Waals surface area contributed by atoms with Crippen molar-refractivity contribution in [1.29, 1.82) is 0 Å². The van der Waals surface area contributed by atoms with Gasteiger partial charge in [-0.1, -0.05) is 32.8 Å². The van der Waals surface area contributed by atoms with Gasteiger partial charge in [0.05, 0.1) is 18.8 Å². The van der Waals surface area contributed by atoms with Crippen LogP contribution in [0.3, 0.4) is 0 Å². The maximum absolute atomic E-state index is 12.5. The standard InChI is InChI=1S/C17H26O4/c1-3-5-9-20-15(18)14-11-13-7-8-17(14,12-13)16(19)21-10-6-4-2/h11,13H,3-10,12H2,1-2H3. The number of carbonyl (C=O) groups is 2. The Morgan fingerprint density at radius 2 is 1.86 bits per heavy atom. The van der Waals surface area contributed by atoms with Gasteiger partial charge in [-0.2, -0.15) is 0 Å². The van der Waals surface area contributed by atoms with E-state index in [1.54, 1.807) is 0 Å². The second-order valence-electron chi connectivity index (χ2n) is 6.14. The Hall–Kier alpha value is -1.32. The Balaban J connectivity index is 2.01. The van der Waals surface area contributed by atoms with Crippen LogP contribution in [0.4, 0.5) is 0 Å². The fraction of sp³-hybridized carbons (Fsp3) is 0.765. The highest BCUT2D eigenvalue weighted by Gasteiger charge is 2.55. The first-order valence-corrected chi connectivity index (χ1v) is 8.20. The van der Waals surface area contributed by atoms with Gasteiger partial charge in [0.15, 0.2) is 0 Å². The van der Waals surface area contributed by atoms with Crippen LogP contribution >= 0.6 is 0 Å². The van der Waals surface area contributed by atoms with Gasteiger partial charge in [0, 0.05) is 0 Å². The van der Waals surface area contributed by atoms with Gasteiger partial charge in [0.2, 0.25) is 0 Å². The van der Waals surface area contributed by atoms with E-state index in [0.717, 1.165) is 44.9 Å². The highest BCUT2D eigenvalue weighted by molar-refractivity contribution is 5.99. The molecule has 2 bridgehead atoms. The summed E-state index contributed by atoms with van der Waals surface area (Å²) in [7, 11) is 0. The summed E-state index contributed by atoms with van der Waals surface area (Å²) in [5, 5.41) is 0. The molecule has 0 aromatic rings. The molecular formula is C17H26O4. The molecule has 0 amide bonds. The lowest BCUT2D eigenvalue weighted by Gasteiger charge is -2.26. The molecule has 2 aliphatic rings. The SMILES string of the molecule is CCCCOC(=O)C1=CC2CCC1(C(=O)OCCCC)C2. The van der Waals surface area contributed by atoms with Gasteiger partial charge in [-0.15, -0.1) is 0 Å². The number of allylic oxidation sites excluding steroid dienone is 1. The molecule has 21 heavy (non-hydrogen) atoms. The van der Waals surface area contributed by atoms with Gasteiger partial charge in [-0.3, -0.25) is 4.79 Å². The minimum absolute atomic E-state index is 0.227. The predicted octanol–water partition coefficient (Wildman–Crippen LogP) is 3.40. The summed E-state index contributed by atoms with van der Waals surface area (Å²) in [6, 6.07) is 0. The van der Waals surface area contributed by atoms with E-state index in [9.17, 15) is 9.59 Å². The molecule has 0 N–H and O–H groups in total. The number of ether oxygens (including phenoxy) is 2. The first kappa shape index (κ1) is 16.1. The number of hydrogen-bond acceptors (Lipinski definition) is 4. The smallest absolute Gasteiger partial charge is 0.334 e. The third-order valence-corrected chi connectivity index (χ3v) is 4.54. The first-order valence-electron chi connectivity index (χ1n) is 8.20. The molecule has 0 aromatic heterocycles. The van der Waals surface area contributed by atoms with E-state index < -0.39 is 5.41 Å². The molecule has 4 nitrogen and oxygen atoms in total. The Morgan fingerprint density at radius 3 is 2.48 bits per heavy atom. The zero-order valence-electron chi connectivity index (χ0n) is 13.2. The monoisotopic (exact) mass is 294 g/mol. The third kappa shape index (κ3) is 3.30. The van der Waals surface area contributed by atoms with E-state index in [-0.39, 0.29) is 11.9 Å². The molecule has 0 aromatic carbocycles. The average Bonchev–Trinajstić information content (AvgIpc) is 3.07. The van der Waals surface area contributed by atoms with Gasteiger partial charge in [-0.25, -0.2) is 4.79 Å². The second-order valence-corrected chi connectivity index (χ2v) is 6.14. The average molecular weight is 294 g/mol. The second kappa shape index (κ2) is 7.10. The van der Waals surface area contributed by atoms with Crippen molar-refractivity contribution in [1.82, 2.24) is 0 Å². The van der Waals surface area contributed by atoms with Crippen molar-refractivity contribution < 1.29 is 19.1 Å². The summed E-state index contributed by atoms with van der Waals surface area (Å²) in [5.41, 5.74) is -0.168. The van der Waals surface area contributed by atoms with Crippen LogP contribution in [0, 0.1) is 11.3 Å². The van der Waals surface area contributed by atoms with E-state index >= 15 is 0 Å². The molecule has 0 radical (unpaired) electrons. The van der Waals surface area contributed by atoms with Crippen LogP contribution < -0.4 is 0 Å². The normalized spacial score (nSPS) is 26.6. The zero-order chi connectivity index (χ0) is 15.3. The molecule has 1 saturated carbocycles. The molecule has 2 aliphatic carbocycles. The van der Waals surface area contributed by atoms with E-state index in [0.29, 0.717) is 24.7 Å². The van der Waals surface area contributed by atoms with Crippen molar-refractivity contribution >= 4 is 11.9 Å². The molecule has 0 aliphatic heterocycles. The Morgan fingerprint density at radius 1 is 1.19 bits per heavy atom.